The van der Waals surface area contributed by atoms with Crippen LogP contribution in [-0.2, 0) is 14.0 Å². The van der Waals surface area contributed by atoms with E-state index in [-0.39, 0.29) is 16.4 Å². The highest BCUT2D eigenvalue weighted by Crippen LogP contribution is 2.61. The smallest absolute Gasteiger partial charge is 0.306 e. The van der Waals surface area contributed by atoms with E-state index in [1.165, 1.54) is 38.5 Å². The van der Waals surface area contributed by atoms with E-state index < -0.39 is 8.32 Å². The standard InChI is InChI=1S/C52H71N5O3Si/c1-39-49(44-20-14-12-15-21-44)50-53-46(34-47(57(50)54-39)56-25-23-55(24-26-56)27-29-60-61(5,6)51(2,3)4)45-22-17-19-40(33-45)18-13-10-8-7-9-11-16-28-59-48(58)38-52-35-41-30-42(36-52)32-43(31-41)37-52/h12,14-15,17,19-22,33-34,41-43H,7-11,16,23-32,35-38H2,1-6H3. The summed E-state index contributed by atoms with van der Waals surface area (Å²) in [5.41, 5.74) is 7.35. The van der Waals surface area contributed by atoms with Gasteiger partial charge in [0.15, 0.2) is 14.0 Å². The highest BCUT2D eigenvalue weighted by molar-refractivity contribution is 6.74. The normalized spacial score (nSPS) is 22.7. The minimum Gasteiger partial charge on any atom is -0.466 e. The Morgan fingerprint density at radius 1 is 0.836 bits per heavy atom. The molecule has 1 saturated heterocycles. The van der Waals surface area contributed by atoms with Crippen molar-refractivity contribution in [1.82, 2.24) is 19.5 Å². The molecule has 61 heavy (non-hydrogen) atoms. The minimum absolute atomic E-state index is 0.0554. The summed E-state index contributed by atoms with van der Waals surface area (Å²) >= 11 is 0. The number of hydrogen-bond acceptors (Lipinski definition) is 7. The Hall–Kier alpha value is -3.97. The van der Waals surface area contributed by atoms with Crippen molar-refractivity contribution in [3.63, 3.8) is 0 Å². The van der Waals surface area contributed by atoms with E-state index in [1.54, 1.807) is 0 Å². The molecule has 4 bridgehead atoms. The third kappa shape index (κ3) is 10.5. The number of ether oxygens (including phenoxy) is 1. The molecule has 2 aromatic heterocycles. The van der Waals surface area contributed by atoms with Crippen molar-refractivity contribution in [3.05, 3.63) is 71.9 Å². The summed E-state index contributed by atoms with van der Waals surface area (Å²) in [5, 5.41) is 5.32. The molecule has 9 heteroatoms. The Bertz CT molecular complexity index is 2150. The zero-order valence-electron chi connectivity index (χ0n) is 38.1. The first-order chi connectivity index (χ1) is 29.3. The predicted octanol–water partition coefficient (Wildman–Crippen LogP) is 11.4. The molecule has 0 atom stereocenters. The predicted molar refractivity (Wildman–Crippen MR) is 251 cm³/mol. The lowest BCUT2D eigenvalue weighted by atomic mass is 9.49. The van der Waals surface area contributed by atoms with Crippen LogP contribution in [0.5, 0.6) is 0 Å². The van der Waals surface area contributed by atoms with Gasteiger partial charge in [0.25, 0.3) is 0 Å². The van der Waals surface area contributed by atoms with Crippen LogP contribution in [0.4, 0.5) is 5.82 Å². The number of piperazine rings is 1. The van der Waals surface area contributed by atoms with Gasteiger partial charge in [-0.3, -0.25) is 9.69 Å². The molecule has 3 heterocycles. The molecule has 326 valence electrons. The van der Waals surface area contributed by atoms with Gasteiger partial charge in [-0.05, 0) is 117 Å². The maximum Gasteiger partial charge on any atom is 0.306 e. The van der Waals surface area contributed by atoms with E-state index in [0.29, 0.717) is 13.0 Å². The second kappa shape index (κ2) is 18.8. The number of anilines is 1. The number of nitrogens with zero attached hydrogens (tertiary/aromatic N) is 5. The molecular weight excluding hydrogens is 771 g/mol. The molecule has 0 radical (unpaired) electrons. The van der Waals surface area contributed by atoms with E-state index in [9.17, 15) is 4.79 Å². The Labute approximate surface area is 367 Å². The third-order valence-corrected chi connectivity index (χ3v) is 19.5. The Balaban J connectivity index is 0.850. The Morgan fingerprint density at radius 2 is 1.51 bits per heavy atom. The van der Waals surface area contributed by atoms with Crippen LogP contribution >= 0.6 is 0 Å². The van der Waals surface area contributed by atoms with Crippen LogP contribution in [0.1, 0.15) is 115 Å². The van der Waals surface area contributed by atoms with Crippen molar-refractivity contribution in [2.45, 2.75) is 129 Å². The van der Waals surface area contributed by atoms with E-state index in [0.717, 1.165) is 141 Å². The van der Waals surface area contributed by atoms with Crippen molar-refractivity contribution in [3.8, 4) is 34.2 Å². The molecule has 5 aliphatic rings. The highest BCUT2D eigenvalue weighted by Gasteiger charge is 2.51. The number of benzene rings is 2. The minimum atomic E-state index is -1.77. The molecular formula is C52H71N5O3Si. The van der Waals surface area contributed by atoms with Crippen LogP contribution in [0.3, 0.4) is 0 Å². The van der Waals surface area contributed by atoms with Gasteiger partial charge < -0.3 is 14.1 Å². The van der Waals surface area contributed by atoms with Gasteiger partial charge in [0.1, 0.15) is 5.82 Å². The molecule has 8 nitrogen and oxygen atoms in total. The van der Waals surface area contributed by atoms with Crippen LogP contribution in [0.15, 0.2) is 60.7 Å². The van der Waals surface area contributed by atoms with Crippen LogP contribution in [0.2, 0.25) is 18.1 Å². The van der Waals surface area contributed by atoms with Crippen LogP contribution in [0, 0.1) is 41.9 Å². The lowest BCUT2D eigenvalue weighted by Gasteiger charge is -2.56. The maximum absolute atomic E-state index is 12.8. The summed E-state index contributed by atoms with van der Waals surface area (Å²) in [6, 6.07) is 21.3. The number of unbranched alkanes of at least 4 members (excludes halogenated alkanes) is 5. The van der Waals surface area contributed by atoms with E-state index in [2.05, 4.69) is 128 Å². The summed E-state index contributed by atoms with van der Waals surface area (Å²) in [6.45, 7) is 19.8. The molecule has 0 amide bonds. The molecule has 4 saturated carbocycles. The van der Waals surface area contributed by atoms with Gasteiger partial charge in [0.05, 0.1) is 24.4 Å². The molecule has 0 unspecified atom stereocenters. The second-order valence-corrected chi connectivity index (χ2v) is 25.5. The molecule has 2 aromatic carbocycles. The first-order valence-corrected chi connectivity index (χ1v) is 26.6. The van der Waals surface area contributed by atoms with Crippen molar-refractivity contribution in [2.24, 2.45) is 23.2 Å². The van der Waals surface area contributed by atoms with Gasteiger partial charge in [-0.25, -0.2) is 4.98 Å². The fraction of sp³-hybridized carbons (Fsp3) is 0.596. The number of fused-ring (bicyclic) bond motifs is 1. The molecule has 0 spiro atoms. The summed E-state index contributed by atoms with van der Waals surface area (Å²) in [7, 11) is -1.77. The van der Waals surface area contributed by atoms with Crippen molar-refractivity contribution in [2.75, 3.05) is 50.8 Å². The number of esters is 1. The molecule has 0 N–H and O–H groups in total. The summed E-state index contributed by atoms with van der Waals surface area (Å²) in [5.74, 6) is 10.7. The SMILES string of the molecule is Cc1nn2c(N3CCN(CCO[Si](C)(C)C(C)(C)C)CC3)cc(-c3cccc(C#CCCCCCCCOC(=O)CC45CC6CC(CC(C6)C4)C5)c3)nc2c1-c1ccccc1. The van der Waals surface area contributed by atoms with Gasteiger partial charge in [0, 0.05) is 68.5 Å². The van der Waals surface area contributed by atoms with E-state index in [1.807, 2.05) is 0 Å². The quantitative estimate of drug-likeness (QED) is 0.0481. The summed E-state index contributed by atoms with van der Waals surface area (Å²) < 4.78 is 14.4. The molecule has 4 aliphatic carbocycles. The molecule has 5 fully saturated rings. The topological polar surface area (TPSA) is 72.2 Å². The zero-order chi connectivity index (χ0) is 42.6. The summed E-state index contributed by atoms with van der Waals surface area (Å²) in [6.07, 6.45) is 15.1. The molecule has 9 rings (SSSR count). The molecule has 1 aliphatic heterocycles. The largest absolute Gasteiger partial charge is 0.466 e. The van der Waals surface area contributed by atoms with Gasteiger partial charge in [-0.2, -0.15) is 9.61 Å². The van der Waals surface area contributed by atoms with Crippen LogP contribution < -0.4 is 4.90 Å². The van der Waals surface area contributed by atoms with Gasteiger partial charge in [-0.15, -0.1) is 0 Å². The first kappa shape index (κ1) is 43.7. The molecule has 4 aromatic rings. The summed E-state index contributed by atoms with van der Waals surface area (Å²) in [4.78, 5) is 23.1. The van der Waals surface area contributed by atoms with Gasteiger partial charge in [-0.1, -0.05) is 94.3 Å². The lowest BCUT2D eigenvalue weighted by Crippen LogP contribution is -2.49. The fourth-order valence-corrected chi connectivity index (χ4v) is 12.1. The Kier molecular flexibility index (Phi) is 13.4. The zero-order valence-corrected chi connectivity index (χ0v) is 39.1. The van der Waals surface area contributed by atoms with Crippen LogP contribution in [-0.4, -0.2) is 79.7 Å². The van der Waals surface area contributed by atoms with Gasteiger partial charge >= 0.3 is 5.97 Å². The first-order valence-electron chi connectivity index (χ1n) is 23.7. The maximum atomic E-state index is 12.8. The Morgan fingerprint density at radius 3 is 2.21 bits per heavy atom. The van der Waals surface area contributed by atoms with Crippen molar-refractivity contribution < 1.29 is 14.0 Å². The average Bonchev–Trinajstić information content (AvgIpc) is 3.56. The second-order valence-electron chi connectivity index (χ2n) is 20.7. The number of carbonyl (C=O) groups excluding carboxylic acids is 1. The number of aromatic nitrogens is 3. The van der Waals surface area contributed by atoms with E-state index in [4.69, 9.17) is 19.2 Å². The monoisotopic (exact) mass is 842 g/mol. The van der Waals surface area contributed by atoms with Crippen LogP contribution in [0.25, 0.3) is 28.0 Å². The number of aryl methyl sites for hydroxylation is 1. The lowest BCUT2D eigenvalue weighted by molar-refractivity contribution is -0.152. The van der Waals surface area contributed by atoms with Crippen molar-refractivity contribution >= 4 is 25.8 Å². The average molecular weight is 842 g/mol. The number of hydrogen-bond donors (Lipinski definition) is 0. The number of carbonyl (C=O) groups is 1. The third-order valence-electron chi connectivity index (χ3n) is 15.0. The highest BCUT2D eigenvalue weighted by atomic mass is 28.4. The van der Waals surface area contributed by atoms with Crippen molar-refractivity contribution in [1.29, 1.82) is 0 Å². The van der Waals surface area contributed by atoms with E-state index >= 15 is 0 Å². The number of rotatable bonds is 16. The fourth-order valence-electron chi connectivity index (χ4n) is 11.1. The van der Waals surface area contributed by atoms with Gasteiger partial charge in [0.2, 0.25) is 0 Å².